The zero-order valence-corrected chi connectivity index (χ0v) is 8.84. The summed E-state index contributed by atoms with van der Waals surface area (Å²) < 4.78 is 0. The van der Waals surface area contributed by atoms with Gasteiger partial charge in [0.15, 0.2) is 5.43 Å². The average molecular weight is 220 g/mol. The molecule has 76 valence electrons. The molecule has 1 aromatic heterocycles. The van der Waals surface area contributed by atoms with Crippen LogP contribution in [-0.4, -0.2) is 4.98 Å². The van der Waals surface area contributed by atoms with E-state index < -0.39 is 0 Å². The van der Waals surface area contributed by atoms with E-state index in [1.807, 2.05) is 6.07 Å². The van der Waals surface area contributed by atoms with Crippen LogP contribution in [0.1, 0.15) is 24.5 Å². The summed E-state index contributed by atoms with van der Waals surface area (Å²) in [6.07, 6.45) is 2.38. The number of rotatable bonds is 1. The fourth-order valence-corrected chi connectivity index (χ4v) is 2.03. The molecule has 0 amide bonds. The molecular weight excluding hydrogens is 210 g/mol. The summed E-state index contributed by atoms with van der Waals surface area (Å²) in [5.41, 5.74) is 2.01. The summed E-state index contributed by atoms with van der Waals surface area (Å²) >= 11 is 5.85. The van der Waals surface area contributed by atoms with Gasteiger partial charge < -0.3 is 4.98 Å². The third-order valence-corrected chi connectivity index (χ3v) is 3.06. The van der Waals surface area contributed by atoms with Gasteiger partial charge in [-0.1, -0.05) is 11.6 Å². The largest absolute Gasteiger partial charge is 0.358 e. The molecule has 1 fully saturated rings. The van der Waals surface area contributed by atoms with E-state index in [2.05, 4.69) is 4.98 Å². The molecule has 0 radical (unpaired) electrons. The van der Waals surface area contributed by atoms with Crippen molar-refractivity contribution < 1.29 is 0 Å². The van der Waals surface area contributed by atoms with Crippen molar-refractivity contribution in [2.75, 3.05) is 0 Å². The molecular formula is C12H10ClNO. The first-order chi connectivity index (χ1) is 7.24. The Labute approximate surface area is 91.9 Å². The molecule has 0 aliphatic heterocycles. The van der Waals surface area contributed by atoms with Crippen LogP contribution in [0.2, 0.25) is 5.02 Å². The molecule has 3 heteroatoms. The van der Waals surface area contributed by atoms with Crippen LogP contribution < -0.4 is 5.43 Å². The molecule has 1 heterocycles. The highest BCUT2D eigenvalue weighted by Crippen LogP contribution is 2.38. The van der Waals surface area contributed by atoms with E-state index in [1.165, 1.54) is 12.8 Å². The number of H-pyrrole nitrogens is 1. The SMILES string of the molecule is O=c1cc(C2CC2)[nH]c2ccc(Cl)cc12. The van der Waals surface area contributed by atoms with Crippen molar-refractivity contribution >= 4 is 22.5 Å². The minimum absolute atomic E-state index is 0.0631. The number of hydrogen-bond donors (Lipinski definition) is 1. The van der Waals surface area contributed by atoms with E-state index in [9.17, 15) is 4.79 Å². The van der Waals surface area contributed by atoms with Crippen LogP contribution in [0.15, 0.2) is 29.1 Å². The molecule has 2 aromatic rings. The second-order valence-electron chi connectivity index (χ2n) is 4.05. The molecule has 0 saturated heterocycles. The number of hydrogen-bond acceptors (Lipinski definition) is 1. The van der Waals surface area contributed by atoms with E-state index in [0.29, 0.717) is 16.3 Å². The van der Waals surface area contributed by atoms with Crippen LogP contribution in [0.25, 0.3) is 10.9 Å². The van der Waals surface area contributed by atoms with E-state index in [0.717, 1.165) is 11.2 Å². The van der Waals surface area contributed by atoms with Crippen molar-refractivity contribution in [3.8, 4) is 0 Å². The maximum absolute atomic E-state index is 11.8. The van der Waals surface area contributed by atoms with Crippen molar-refractivity contribution in [2.45, 2.75) is 18.8 Å². The first-order valence-corrected chi connectivity index (χ1v) is 5.44. The molecule has 1 saturated carbocycles. The number of pyridine rings is 1. The Kier molecular flexibility index (Phi) is 1.86. The summed E-state index contributed by atoms with van der Waals surface area (Å²) in [6.45, 7) is 0. The fourth-order valence-electron chi connectivity index (χ4n) is 1.85. The highest BCUT2D eigenvalue weighted by Gasteiger charge is 2.24. The number of benzene rings is 1. The molecule has 2 nitrogen and oxygen atoms in total. The van der Waals surface area contributed by atoms with Gasteiger partial charge in [-0.05, 0) is 37.0 Å². The highest BCUT2D eigenvalue weighted by atomic mass is 35.5. The molecule has 1 N–H and O–H groups in total. The van der Waals surface area contributed by atoms with Gasteiger partial charge in [-0.3, -0.25) is 4.79 Å². The third-order valence-electron chi connectivity index (χ3n) is 2.83. The zero-order valence-electron chi connectivity index (χ0n) is 8.09. The summed E-state index contributed by atoms with van der Waals surface area (Å²) in [5.74, 6) is 0.567. The number of nitrogens with one attached hydrogen (secondary N) is 1. The molecule has 1 aromatic carbocycles. The topological polar surface area (TPSA) is 32.9 Å². The Morgan fingerprint density at radius 3 is 2.80 bits per heavy atom. The van der Waals surface area contributed by atoms with E-state index in [-0.39, 0.29) is 5.43 Å². The lowest BCUT2D eigenvalue weighted by atomic mass is 10.1. The van der Waals surface area contributed by atoms with Gasteiger partial charge in [0, 0.05) is 27.7 Å². The third kappa shape index (κ3) is 1.55. The van der Waals surface area contributed by atoms with Gasteiger partial charge in [0.2, 0.25) is 0 Å². The van der Waals surface area contributed by atoms with Crippen LogP contribution in [-0.2, 0) is 0 Å². The number of fused-ring (bicyclic) bond motifs is 1. The maximum Gasteiger partial charge on any atom is 0.189 e. The molecule has 0 spiro atoms. The lowest BCUT2D eigenvalue weighted by Crippen LogP contribution is -2.04. The van der Waals surface area contributed by atoms with E-state index >= 15 is 0 Å². The summed E-state index contributed by atoms with van der Waals surface area (Å²) in [6, 6.07) is 7.09. The Morgan fingerprint density at radius 2 is 2.07 bits per heavy atom. The first kappa shape index (κ1) is 8.98. The van der Waals surface area contributed by atoms with Crippen LogP contribution in [0.4, 0.5) is 0 Å². The van der Waals surface area contributed by atoms with Crippen molar-refractivity contribution in [1.29, 1.82) is 0 Å². The summed E-state index contributed by atoms with van der Waals surface area (Å²) in [5, 5.41) is 1.28. The predicted molar refractivity (Wildman–Crippen MR) is 61.6 cm³/mol. The van der Waals surface area contributed by atoms with Gasteiger partial charge >= 0.3 is 0 Å². The Balaban J connectivity index is 2.31. The number of halogens is 1. The summed E-state index contributed by atoms with van der Waals surface area (Å²) in [7, 11) is 0. The van der Waals surface area contributed by atoms with Gasteiger partial charge in [0.1, 0.15) is 0 Å². The molecule has 1 aliphatic carbocycles. The van der Waals surface area contributed by atoms with Gasteiger partial charge in [-0.25, -0.2) is 0 Å². The van der Waals surface area contributed by atoms with Crippen LogP contribution in [0, 0.1) is 0 Å². The van der Waals surface area contributed by atoms with Crippen molar-refractivity contribution in [1.82, 2.24) is 4.98 Å². The molecule has 0 bridgehead atoms. The minimum Gasteiger partial charge on any atom is -0.358 e. The van der Waals surface area contributed by atoms with Gasteiger partial charge in [0.05, 0.1) is 0 Å². The maximum atomic E-state index is 11.8. The van der Waals surface area contributed by atoms with Crippen LogP contribution in [0.5, 0.6) is 0 Å². The second-order valence-corrected chi connectivity index (χ2v) is 4.49. The Bertz CT molecular complexity index is 584. The zero-order chi connectivity index (χ0) is 10.4. The quantitative estimate of drug-likeness (QED) is 0.786. The fraction of sp³-hybridized carbons (Fsp3) is 0.250. The molecule has 0 atom stereocenters. The van der Waals surface area contributed by atoms with Crippen LogP contribution in [0.3, 0.4) is 0 Å². The van der Waals surface area contributed by atoms with Crippen molar-refractivity contribution in [3.05, 3.63) is 45.2 Å². The summed E-state index contributed by atoms with van der Waals surface area (Å²) in [4.78, 5) is 15.1. The van der Waals surface area contributed by atoms with Gasteiger partial charge in [0.25, 0.3) is 0 Å². The van der Waals surface area contributed by atoms with Crippen LogP contribution >= 0.6 is 11.6 Å². The van der Waals surface area contributed by atoms with Crippen molar-refractivity contribution in [2.24, 2.45) is 0 Å². The normalized spacial score (nSPS) is 15.8. The first-order valence-electron chi connectivity index (χ1n) is 5.06. The van der Waals surface area contributed by atoms with Crippen molar-refractivity contribution in [3.63, 3.8) is 0 Å². The minimum atomic E-state index is 0.0631. The lowest BCUT2D eigenvalue weighted by Gasteiger charge is -2.02. The number of aromatic nitrogens is 1. The Hall–Kier alpha value is -1.28. The van der Waals surface area contributed by atoms with Gasteiger partial charge in [-0.2, -0.15) is 0 Å². The van der Waals surface area contributed by atoms with Gasteiger partial charge in [-0.15, -0.1) is 0 Å². The number of aromatic amines is 1. The lowest BCUT2D eigenvalue weighted by molar-refractivity contribution is 1.04. The van der Waals surface area contributed by atoms with E-state index in [1.54, 1.807) is 18.2 Å². The molecule has 15 heavy (non-hydrogen) atoms. The molecule has 0 unspecified atom stereocenters. The standard InChI is InChI=1S/C12H10ClNO/c13-8-3-4-10-9(5-8)12(15)6-11(14-10)7-1-2-7/h3-7H,1-2H2,(H,14,15). The molecule has 1 aliphatic rings. The smallest absolute Gasteiger partial charge is 0.189 e. The average Bonchev–Trinajstić information content (AvgIpc) is 3.02. The predicted octanol–water partition coefficient (Wildman–Crippen LogP) is 3.06. The highest BCUT2D eigenvalue weighted by molar-refractivity contribution is 6.31. The monoisotopic (exact) mass is 219 g/mol. The van der Waals surface area contributed by atoms with E-state index in [4.69, 9.17) is 11.6 Å². The Morgan fingerprint density at radius 1 is 1.27 bits per heavy atom. The molecule has 3 rings (SSSR count). The second kappa shape index (κ2) is 3.11.